The largest absolute Gasteiger partial charge is 0.380 e. The van der Waals surface area contributed by atoms with Crippen LogP contribution in [-0.4, -0.2) is 6.04 Å². The predicted octanol–water partition coefficient (Wildman–Crippen LogP) is 5.75. The van der Waals surface area contributed by atoms with Gasteiger partial charge in [0.2, 0.25) is 0 Å². The molecule has 1 fully saturated rings. The number of nitrogens with one attached hydrogen (secondary N) is 1. The summed E-state index contributed by atoms with van der Waals surface area (Å²) in [5, 5.41) is 4.87. The Bertz CT molecular complexity index is 385. The minimum Gasteiger partial charge on any atom is -0.380 e. The summed E-state index contributed by atoms with van der Waals surface area (Å²) in [5.41, 5.74) is 0.871. The molecule has 0 radical (unpaired) electrons. The van der Waals surface area contributed by atoms with Gasteiger partial charge in [0.15, 0.2) is 0 Å². The van der Waals surface area contributed by atoms with Crippen LogP contribution in [0.3, 0.4) is 0 Å². The van der Waals surface area contributed by atoms with E-state index in [0.29, 0.717) is 22.0 Å². The number of hydrogen-bond donors (Lipinski definition) is 1. The van der Waals surface area contributed by atoms with Gasteiger partial charge in [-0.3, -0.25) is 0 Å². The van der Waals surface area contributed by atoms with E-state index in [1.807, 2.05) is 12.1 Å². The number of halogens is 3. The van der Waals surface area contributed by atoms with Gasteiger partial charge >= 0.3 is 0 Å². The number of rotatable bonds is 2. The van der Waals surface area contributed by atoms with Gasteiger partial charge in [0.05, 0.1) is 15.7 Å². The molecule has 1 aromatic rings. The van der Waals surface area contributed by atoms with Gasteiger partial charge in [-0.15, -0.1) is 0 Å². The highest BCUT2D eigenvalue weighted by atomic mass is 79.9. The Morgan fingerprint density at radius 1 is 1.18 bits per heavy atom. The Balaban J connectivity index is 2.17. The number of hydrogen-bond acceptors (Lipinski definition) is 1. The van der Waals surface area contributed by atoms with Gasteiger partial charge in [0.25, 0.3) is 0 Å². The van der Waals surface area contributed by atoms with Gasteiger partial charge in [-0.2, -0.15) is 0 Å². The van der Waals surface area contributed by atoms with E-state index in [1.54, 1.807) is 0 Å². The molecule has 0 spiro atoms. The molecule has 0 heterocycles. The molecular weight excluding hydrogens is 321 g/mol. The molecule has 1 nitrogen and oxygen atoms in total. The Morgan fingerprint density at radius 3 is 2.35 bits per heavy atom. The quantitative estimate of drug-likeness (QED) is 0.725. The van der Waals surface area contributed by atoms with Crippen molar-refractivity contribution in [1.29, 1.82) is 0 Å². The highest BCUT2D eigenvalue weighted by Crippen LogP contribution is 2.36. The van der Waals surface area contributed by atoms with E-state index >= 15 is 0 Å². The minimum absolute atomic E-state index is 0.486. The van der Waals surface area contributed by atoms with Gasteiger partial charge in [-0.25, -0.2) is 0 Å². The van der Waals surface area contributed by atoms with E-state index < -0.39 is 0 Å². The molecule has 0 saturated heterocycles. The number of anilines is 1. The molecule has 1 saturated carbocycles. The zero-order chi connectivity index (χ0) is 12.4. The van der Waals surface area contributed by atoms with Crippen LogP contribution in [0.15, 0.2) is 16.6 Å². The SMILES string of the molecule is CC1CCCCC1Nc1c(Cl)cc(Br)cc1Cl. The first-order chi connectivity index (χ1) is 8.08. The molecule has 1 N–H and O–H groups in total. The zero-order valence-electron chi connectivity index (χ0n) is 9.77. The Hall–Kier alpha value is 0.0800. The van der Waals surface area contributed by atoms with E-state index in [-0.39, 0.29) is 0 Å². The van der Waals surface area contributed by atoms with Crippen molar-refractivity contribution >= 4 is 44.8 Å². The van der Waals surface area contributed by atoms with Crippen LogP contribution < -0.4 is 5.32 Å². The fourth-order valence-corrected chi connectivity index (χ4v) is 3.71. The summed E-state index contributed by atoms with van der Waals surface area (Å²) in [5.74, 6) is 0.680. The average molecular weight is 337 g/mol. The van der Waals surface area contributed by atoms with E-state index in [9.17, 15) is 0 Å². The minimum atomic E-state index is 0.486. The summed E-state index contributed by atoms with van der Waals surface area (Å²) < 4.78 is 0.912. The van der Waals surface area contributed by atoms with Crippen molar-refractivity contribution in [2.24, 2.45) is 5.92 Å². The van der Waals surface area contributed by atoms with Crippen molar-refractivity contribution in [3.63, 3.8) is 0 Å². The first-order valence-corrected chi connectivity index (χ1v) is 7.54. The van der Waals surface area contributed by atoms with Crippen molar-refractivity contribution in [1.82, 2.24) is 0 Å². The highest BCUT2D eigenvalue weighted by Gasteiger charge is 2.22. The van der Waals surface area contributed by atoms with E-state index in [4.69, 9.17) is 23.2 Å². The molecule has 2 atom stereocenters. The summed E-state index contributed by atoms with van der Waals surface area (Å²) in [4.78, 5) is 0. The lowest BCUT2D eigenvalue weighted by atomic mass is 9.86. The van der Waals surface area contributed by atoms with Crippen molar-refractivity contribution in [2.75, 3.05) is 5.32 Å². The molecule has 2 unspecified atom stereocenters. The monoisotopic (exact) mass is 335 g/mol. The van der Waals surface area contributed by atoms with Crippen LogP contribution in [0.2, 0.25) is 10.0 Å². The lowest BCUT2D eigenvalue weighted by Gasteiger charge is -2.31. The third-order valence-electron chi connectivity index (χ3n) is 3.45. The lowest BCUT2D eigenvalue weighted by Crippen LogP contribution is -2.30. The maximum atomic E-state index is 6.22. The fourth-order valence-electron chi connectivity index (χ4n) is 2.40. The molecule has 94 valence electrons. The van der Waals surface area contributed by atoms with Crippen molar-refractivity contribution in [3.8, 4) is 0 Å². The molecular formula is C13H16BrCl2N. The molecule has 1 aromatic carbocycles. The second-order valence-electron chi connectivity index (χ2n) is 4.76. The average Bonchev–Trinajstić information content (AvgIpc) is 2.25. The van der Waals surface area contributed by atoms with Crippen molar-refractivity contribution < 1.29 is 0 Å². The van der Waals surface area contributed by atoms with Crippen LogP contribution in [0.1, 0.15) is 32.6 Å². The summed E-state index contributed by atoms with van der Waals surface area (Å²) >= 11 is 15.8. The molecule has 2 rings (SSSR count). The number of benzene rings is 1. The van der Waals surface area contributed by atoms with Crippen LogP contribution in [0, 0.1) is 5.92 Å². The smallest absolute Gasteiger partial charge is 0.0721 e. The standard InChI is InChI=1S/C13H16BrCl2N/c1-8-4-2-3-5-12(8)17-13-10(15)6-9(14)7-11(13)16/h6-8,12,17H,2-5H2,1H3. The second-order valence-corrected chi connectivity index (χ2v) is 6.49. The van der Waals surface area contributed by atoms with Crippen LogP contribution in [-0.2, 0) is 0 Å². The molecule has 17 heavy (non-hydrogen) atoms. The topological polar surface area (TPSA) is 12.0 Å². The lowest BCUT2D eigenvalue weighted by molar-refractivity contribution is 0.349. The Kier molecular flexibility index (Phi) is 4.62. The Morgan fingerprint density at radius 2 is 1.76 bits per heavy atom. The first kappa shape index (κ1) is 13.5. The van der Waals surface area contributed by atoms with Gasteiger partial charge < -0.3 is 5.32 Å². The van der Waals surface area contributed by atoms with E-state index in [0.717, 1.165) is 10.2 Å². The maximum Gasteiger partial charge on any atom is 0.0721 e. The Labute approximate surface area is 121 Å². The molecule has 0 bridgehead atoms. The van der Waals surface area contributed by atoms with Crippen molar-refractivity contribution in [2.45, 2.75) is 38.6 Å². The van der Waals surface area contributed by atoms with Crippen LogP contribution in [0.5, 0.6) is 0 Å². The molecule has 0 amide bonds. The van der Waals surface area contributed by atoms with Crippen LogP contribution in [0.4, 0.5) is 5.69 Å². The van der Waals surface area contributed by atoms with E-state index in [1.165, 1.54) is 25.7 Å². The van der Waals surface area contributed by atoms with Crippen LogP contribution in [0.25, 0.3) is 0 Å². The summed E-state index contributed by atoms with van der Waals surface area (Å²) in [6.45, 7) is 2.29. The molecule has 4 heteroatoms. The summed E-state index contributed by atoms with van der Waals surface area (Å²) in [6.07, 6.45) is 5.10. The van der Waals surface area contributed by atoms with Gasteiger partial charge in [0.1, 0.15) is 0 Å². The maximum absolute atomic E-state index is 6.22. The molecule has 0 aromatic heterocycles. The molecule has 0 aliphatic heterocycles. The summed E-state index contributed by atoms with van der Waals surface area (Å²) in [7, 11) is 0. The van der Waals surface area contributed by atoms with Gasteiger partial charge in [0, 0.05) is 10.5 Å². The van der Waals surface area contributed by atoms with Gasteiger partial charge in [-0.1, -0.05) is 58.9 Å². The van der Waals surface area contributed by atoms with Crippen LogP contribution >= 0.6 is 39.1 Å². The molecule has 1 aliphatic carbocycles. The van der Waals surface area contributed by atoms with Crippen molar-refractivity contribution in [3.05, 3.63) is 26.7 Å². The fraction of sp³-hybridized carbons (Fsp3) is 0.538. The van der Waals surface area contributed by atoms with E-state index in [2.05, 4.69) is 28.2 Å². The highest BCUT2D eigenvalue weighted by molar-refractivity contribution is 9.10. The summed E-state index contributed by atoms with van der Waals surface area (Å²) in [6, 6.07) is 4.24. The third-order valence-corrected chi connectivity index (χ3v) is 4.50. The van der Waals surface area contributed by atoms with Gasteiger partial charge in [-0.05, 0) is 30.9 Å². The normalized spacial score (nSPS) is 24.7. The zero-order valence-corrected chi connectivity index (χ0v) is 12.9. The molecule has 1 aliphatic rings. The third kappa shape index (κ3) is 3.30. The second kappa shape index (κ2) is 5.81. The first-order valence-electron chi connectivity index (χ1n) is 5.99. The predicted molar refractivity (Wildman–Crippen MR) is 79.2 cm³/mol.